The van der Waals surface area contributed by atoms with Crippen LogP contribution < -0.4 is 5.32 Å². The number of hydrogen-bond acceptors (Lipinski definition) is 4. The Kier molecular flexibility index (Phi) is 2.33. The summed E-state index contributed by atoms with van der Waals surface area (Å²) in [5.41, 5.74) is 0.559. The number of nitrogens with zero attached hydrogens (tertiary/aromatic N) is 2. The quantitative estimate of drug-likeness (QED) is 0.724. The zero-order valence-electron chi connectivity index (χ0n) is 7.64. The fourth-order valence-electron chi connectivity index (χ4n) is 1.46. The van der Waals surface area contributed by atoms with Crippen LogP contribution in [0.1, 0.15) is 18.4 Å². The Hall–Kier alpha value is -1.60. The molecule has 0 bridgehead atoms. The first-order chi connectivity index (χ1) is 6.78. The van der Waals surface area contributed by atoms with Gasteiger partial charge < -0.3 is 10.4 Å². The molecule has 0 aromatic carbocycles. The third-order valence-corrected chi connectivity index (χ3v) is 2.36. The summed E-state index contributed by atoms with van der Waals surface area (Å²) in [6.45, 7) is 0. The summed E-state index contributed by atoms with van der Waals surface area (Å²) in [4.78, 5) is 4.08. The van der Waals surface area contributed by atoms with Gasteiger partial charge in [0.25, 0.3) is 0 Å². The van der Waals surface area contributed by atoms with Crippen molar-refractivity contribution in [1.29, 1.82) is 5.26 Å². The van der Waals surface area contributed by atoms with Crippen LogP contribution in [-0.2, 0) is 0 Å². The maximum absolute atomic E-state index is 9.08. The molecule has 0 unspecified atom stereocenters. The van der Waals surface area contributed by atoms with E-state index in [9.17, 15) is 0 Å². The first-order valence-electron chi connectivity index (χ1n) is 4.58. The van der Waals surface area contributed by atoms with Gasteiger partial charge in [-0.3, -0.25) is 0 Å². The van der Waals surface area contributed by atoms with E-state index in [1.165, 1.54) is 6.20 Å². The van der Waals surface area contributed by atoms with Gasteiger partial charge in [-0.05, 0) is 25.0 Å². The lowest BCUT2D eigenvalue weighted by Crippen LogP contribution is -2.39. The Morgan fingerprint density at radius 2 is 2.29 bits per heavy atom. The Morgan fingerprint density at radius 1 is 1.50 bits per heavy atom. The lowest BCUT2D eigenvalue weighted by Gasteiger charge is -2.32. The van der Waals surface area contributed by atoms with Crippen LogP contribution in [0.5, 0.6) is 0 Å². The topological polar surface area (TPSA) is 68.9 Å². The molecule has 1 aromatic heterocycles. The molecule has 0 aliphatic heterocycles. The SMILES string of the molecule is N#Cc1ccc(NC2CC(O)C2)nc1. The average molecular weight is 189 g/mol. The average Bonchev–Trinajstić information content (AvgIpc) is 2.17. The second kappa shape index (κ2) is 3.64. The predicted molar refractivity (Wildman–Crippen MR) is 51.6 cm³/mol. The molecule has 0 amide bonds. The zero-order valence-corrected chi connectivity index (χ0v) is 7.64. The predicted octanol–water partition coefficient (Wildman–Crippen LogP) is 0.888. The fourth-order valence-corrected chi connectivity index (χ4v) is 1.46. The van der Waals surface area contributed by atoms with Gasteiger partial charge >= 0.3 is 0 Å². The number of hydrogen-bond donors (Lipinski definition) is 2. The highest BCUT2D eigenvalue weighted by molar-refractivity contribution is 5.40. The van der Waals surface area contributed by atoms with E-state index in [0.29, 0.717) is 11.6 Å². The number of anilines is 1. The van der Waals surface area contributed by atoms with Crippen LogP contribution in [0.2, 0.25) is 0 Å². The minimum Gasteiger partial charge on any atom is -0.393 e. The van der Waals surface area contributed by atoms with E-state index in [-0.39, 0.29) is 6.10 Å². The van der Waals surface area contributed by atoms with Gasteiger partial charge in [0.15, 0.2) is 0 Å². The molecule has 4 nitrogen and oxygen atoms in total. The van der Waals surface area contributed by atoms with Crippen molar-refractivity contribution in [2.45, 2.75) is 25.0 Å². The second-order valence-corrected chi connectivity index (χ2v) is 3.51. The van der Waals surface area contributed by atoms with Crippen LogP contribution in [-0.4, -0.2) is 22.2 Å². The molecule has 1 aliphatic rings. The molecular weight excluding hydrogens is 178 g/mol. The highest BCUT2D eigenvalue weighted by atomic mass is 16.3. The second-order valence-electron chi connectivity index (χ2n) is 3.51. The summed E-state index contributed by atoms with van der Waals surface area (Å²) in [7, 11) is 0. The summed E-state index contributed by atoms with van der Waals surface area (Å²) in [5.74, 6) is 0.765. The third-order valence-electron chi connectivity index (χ3n) is 2.36. The molecule has 2 N–H and O–H groups in total. The van der Waals surface area contributed by atoms with Crippen LogP contribution in [0, 0.1) is 11.3 Å². The van der Waals surface area contributed by atoms with E-state index in [1.54, 1.807) is 12.1 Å². The molecule has 0 spiro atoms. The maximum Gasteiger partial charge on any atom is 0.126 e. The highest BCUT2D eigenvalue weighted by Gasteiger charge is 2.26. The van der Waals surface area contributed by atoms with Crippen molar-refractivity contribution >= 4 is 5.82 Å². The summed E-state index contributed by atoms with van der Waals surface area (Å²) in [5, 5.41) is 20.8. The minimum absolute atomic E-state index is 0.161. The largest absolute Gasteiger partial charge is 0.393 e. The van der Waals surface area contributed by atoms with Crippen molar-refractivity contribution in [1.82, 2.24) is 4.98 Å². The molecule has 0 radical (unpaired) electrons. The number of aliphatic hydroxyl groups is 1. The summed E-state index contributed by atoms with van der Waals surface area (Å²) >= 11 is 0. The number of aliphatic hydroxyl groups excluding tert-OH is 1. The monoisotopic (exact) mass is 189 g/mol. The van der Waals surface area contributed by atoms with Crippen LogP contribution >= 0.6 is 0 Å². The molecule has 1 aliphatic carbocycles. The highest BCUT2D eigenvalue weighted by Crippen LogP contribution is 2.22. The van der Waals surface area contributed by atoms with Crippen molar-refractivity contribution in [3.8, 4) is 6.07 Å². The van der Waals surface area contributed by atoms with Gasteiger partial charge in [0.2, 0.25) is 0 Å². The first kappa shape index (κ1) is 8.97. The van der Waals surface area contributed by atoms with Gasteiger partial charge in [0.05, 0.1) is 11.7 Å². The van der Waals surface area contributed by atoms with Gasteiger partial charge in [-0.1, -0.05) is 0 Å². The van der Waals surface area contributed by atoms with Gasteiger partial charge in [0.1, 0.15) is 11.9 Å². The van der Waals surface area contributed by atoms with Gasteiger partial charge in [0, 0.05) is 12.2 Å². The van der Waals surface area contributed by atoms with E-state index in [4.69, 9.17) is 10.4 Å². The van der Waals surface area contributed by atoms with Crippen LogP contribution in [0.25, 0.3) is 0 Å². The lowest BCUT2D eigenvalue weighted by atomic mass is 9.89. The van der Waals surface area contributed by atoms with Crippen molar-refractivity contribution < 1.29 is 5.11 Å². The maximum atomic E-state index is 9.08. The number of rotatable bonds is 2. The smallest absolute Gasteiger partial charge is 0.126 e. The van der Waals surface area contributed by atoms with E-state index >= 15 is 0 Å². The van der Waals surface area contributed by atoms with Gasteiger partial charge in [-0.2, -0.15) is 5.26 Å². The van der Waals surface area contributed by atoms with E-state index in [0.717, 1.165) is 18.7 Å². The molecule has 1 aromatic rings. The third kappa shape index (κ3) is 1.83. The standard InChI is InChI=1S/C10H11N3O/c11-5-7-1-2-10(12-6-7)13-8-3-9(14)4-8/h1-2,6,8-9,14H,3-4H2,(H,12,13). The van der Waals surface area contributed by atoms with Gasteiger partial charge in [-0.15, -0.1) is 0 Å². The number of nitriles is 1. The Balaban J connectivity index is 1.94. The number of aromatic nitrogens is 1. The first-order valence-corrected chi connectivity index (χ1v) is 4.58. The Bertz CT molecular complexity index is 349. The van der Waals surface area contributed by atoms with Crippen molar-refractivity contribution in [3.05, 3.63) is 23.9 Å². The molecule has 72 valence electrons. The number of nitrogens with one attached hydrogen (secondary N) is 1. The molecule has 0 saturated heterocycles. The van der Waals surface area contributed by atoms with E-state index in [2.05, 4.69) is 10.3 Å². The molecular formula is C10H11N3O. The minimum atomic E-state index is -0.161. The lowest BCUT2D eigenvalue weighted by molar-refractivity contribution is 0.0835. The molecule has 1 fully saturated rings. The Labute approximate surface area is 82.2 Å². The van der Waals surface area contributed by atoms with Gasteiger partial charge in [-0.25, -0.2) is 4.98 Å². The molecule has 4 heteroatoms. The summed E-state index contributed by atoms with van der Waals surface area (Å²) < 4.78 is 0. The van der Waals surface area contributed by atoms with Crippen molar-refractivity contribution in [3.63, 3.8) is 0 Å². The van der Waals surface area contributed by atoms with Crippen LogP contribution in [0.3, 0.4) is 0 Å². The van der Waals surface area contributed by atoms with E-state index in [1.807, 2.05) is 6.07 Å². The molecule has 1 saturated carbocycles. The van der Waals surface area contributed by atoms with E-state index < -0.39 is 0 Å². The van der Waals surface area contributed by atoms with Crippen molar-refractivity contribution in [2.75, 3.05) is 5.32 Å². The fraction of sp³-hybridized carbons (Fsp3) is 0.400. The Morgan fingerprint density at radius 3 is 2.79 bits per heavy atom. The summed E-state index contributed by atoms with van der Waals surface area (Å²) in [6, 6.07) is 5.84. The molecule has 1 heterocycles. The normalized spacial score (nSPS) is 24.9. The molecule has 2 rings (SSSR count). The van der Waals surface area contributed by atoms with Crippen molar-refractivity contribution in [2.24, 2.45) is 0 Å². The zero-order chi connectivity index (χ0) is 9.97. The van der Waals surface area contributed by atoms with Crippen LogP contribution in [0.4, 0.5) is 5.82 Å². The summed E-state index contributed by atoms with van der Waals surface area (Å²) in [6.07, 6.45) is 2.94. The number of pyridine rings is 1. The van der Waals surface area contributed by atoms with Crippen LogP contribution in [0.15, 0.2) is 18.3 Å². The molecule has 14 heavy (non-hydrogen) atoms. The molecule has 0 atom stereocenters.